The number of nitro groups is 1. The molecule has 0 saturated carbocycles. The molecule has 2 rings (SSSR count). The molecule has 0 spiro atoms. The van der Waals surface area contributed by atoms with Crippen molar-refractivity contribution in [2.75, 3.05) is 11.4 Å². The minimum atomic E-state index is -0.552. The van der Waals surface area contributed by atoms with Gasteiger partial charge in [0.2, 0.25) is 11.7 Å². The number of rotatable bonds is 2. The first-order valence-electron chi connectivity index (χ1n) is 5.27. The predicted molar refractivity (Wildman–Crippen MR) is 68.3 cm³/mol. The van der Waals surface area contributed by atoms with E-state index in [4.69, 9.17) is 5.73 Å². The molecule has 1 saturated heterocycles. The van der Waals surface area contributed by atoms with Gasteiger partial charge in [-0.25, -0.2) is 4.98 Å². The second kappa shape index (κ2) is 4.62. The first-order chi connectivity index (χ1) is 8.40. The molecule has 1 fully saturated rings. The summed E-state index contributed by atoms with van der Waals surface area (Å²) < 4.78 is 0.536. The number of amides is 1. The summed E-state index contributed by atoms with van der Waals surface area (Å²) in [5, 5.41) is 11.0. The van der Waals surface area contributed by atoms with Crippen molar-refractivity contribution in [3.8, 4) is 0 Å². The summed E-state index contributed by atoms with van der Waals surface area (Å²) >= 11 is 3.19. The van der Waals surface area contributed by atoms with Gasteiger partial charge in [-0.1, -0.05) is 0 Å². The number of halogens is 1. The number of anilines is 1. The van der Waals surface area contributed by atoms with Crippen LogP contribution in [0.15, 0.2) is 10.5 Å². The van der Waals surface area contributed by atoms with Gasteiger partial charge >= 0.3 is 5.69 Å². The third kappa shape index (κ3) is 2.21. The lowest BCUT2D eigenvalue weighted by Crippen LogP contribution is -2.29. The quantitative estimate of drug-likeness (QED) is 0.651. The summed E-state index contributed by atoms with van der Waals surface area (Å²) in [5.41, 5.74) is 6.07. The van der Waals surface area contributed by atoms with Crippen molar-refractivity contribution in [3.05, 3.63) is 26.3 Å². The molecule has 96 valence electrons. The molecule has 2 N–H and O–H groups in total. The van der Waals surface area contributed by atoms with Crippen LogP contribution in [0.25, 0.3) is 0 Å². The molecule has 0 radical (unpaired) electrons. The van der Waals surface area contributed by atoms with Gasteiger partial charge in [0, 0.05) is 29.5 Å². The van der Waals surface area contributed by atoms with Gasteiger partial charge in [-0.15, -0.1) is 0 Å². The van der Waals surface area contributed by atoms with E-state index in [1.165, 1.54) is 11.0 Å². The van der Waals surface area contributed by atoms with E-state index in [0.717, 1.165) is 0 Å². The highest BCUT2D eigenvalue weighted by Crippen LogP contribution is 2.32. The van der Waals surface area contributed by atoms with Crippen LogP contribution < -0.4 is 10.6 Å². The number of carbonyl (C=O) groups is 1. The molecular weight excluding hydrogens is 304 g/mol. The summed E-state index contributed by atoms with van der Waals surface area (Å²) in [7, 11) is 0. The lowest BCUT2D eigenvalue weighted by molar-refractivity contribution is -0.384. The van der Waals surface area contributed by atoms with Gasteiger partial charge < -0.3 is 5.73 Å². The number of nitrogens with zero attached hydrogens (tertiary/aromatic N) is 3. The van der Waals surface area contributed by atoms with Gasteiger partial charge in [-0.2, -0.15) is 0 Å². The molecule has 1 aliphatic heterocycles. The molecule has 1 atom stereocenters. The number of hydrogen-bond donors (Lipinski definition) is 1. The molecule has 2 heterocycles. The first kappa shape index (κ1) is 12.9. The van der Waals surface area contributed by atoms with E-state index in [0.29, 0.717) is 10.2 Å². The van der Waals surface area contributed by atoms with Crippen LogP contribution in [0.4, 0.5) is 11.5 Å². The fourth-order valence-corrected chi connectivity index (χ4v) is 2.14. The molecular formula is C10H11BrN4O3. The topological polar surface area (TPSA) is 102 Å². The van der Waals surface area contributed by atoms with Crippen LogP contribution >= 0.6 is 15.9 Å². The number of hydrogen-bond acceptors (Lipinski definition) is 5. The van der Waals surface area contributed by atoms with Crippen molar-refractivity contribution in [2.24, 2.45) is 5.73 Å². The molecule has 1 unspecified atom stereocenters. The smallest absolute Gasteiger partial charge is 0.313 e. The van der Waals surface area contributed by atoms with E-state index in [-0.39, 0.29) is 36.4 Å². The van der Waals surface area contributed by atoms with Gasteiger partial charge in [0.1, 0.15) is 0 Å². The Bertz CT molecular complexity index is 534. The van der Waals surface area contributed by atoms with Gasteiger partial charge in [-0.05, 0) is 22.9 Å². The lowest BCUT2D eigenvalue weighted by atomic mass is 10.3. The third-order valence-corrected chi connectivity index (χ3v) is 3.52. The zero-order valence-electron chi connectivity index (χ0n) is 9.59. The average Bonchev–Trinajstić information content (AvgIpc) is 2.61. The Morgan fingerprint density at radius 2 is 2.33 bits per heavy atom. The van der Waals surface area contributed by atoms with Crippen molar-refractivity contribution >= 4 is 33.3 Å². The summed E-state index contributed by atoms with van der Waals surface area (Å²) in [4.78, 5) is 27.6. The number of pyridine rings is 1. The second-order valence-electron chi connectivity index (χ2n) is 4.12. The van der Waals surface area contributed by atoms with Crippen LogP contribution in [-0.2, 0) is 4.79 Å². The molecule has 1 aromatic rings. The van der Waals surface area contributed by atoms with Crippen LogP contribution in [0.1, 0.15) is 12.1 Å². The minimum absolute atomic E-state index is 0.0682. The molecule has 18 heavy (non-hydrogen) atoms. The van der Waals surface area contributed by atoms with Crippen LogP contribution in [0, 0.1) is 17.0 Å². The van der Waals surface area contributed by atoms with E-state index < -0.39 is 4.92 Å². The second-order valence-corrected chi connectivity index (χ2v) is 4.98. The van der Waals surface area contributed by atoms with Gasteiger partial charge in [0.15, 0.2) is 0 Å². The molecule has 1 aromatic heterocycles. The molecule has 0 aromatic carbocycles. The van der Waals surface area contributed by atoms with Crippen molar-refractivity contribution in [2.45, 2.75) is 19.4 Å². The first-order valence-corrected chi connectivity index (χ1v) is 6.07. The van der Waals surface area contributed by atoms with Crippen LogP contribution in [0.5, 0.6) is 0 Å². The van der Waals surface area contributed by atoms with Gasteiger partial charge in [-0.3, -0.25) is 19.8 Å². The van der Waals surface area contributed by atoms with Crippen LogP contribution in [0.2, 0.25) is 0 Å². The molecule has 0 bridgehead atoms. The Labute approximate surface area is 111 Å². The van der Waals surface area contributed by atoms with Gasteiger partial charge in [0.05, 0.1) is 10.6 Å². The normalized spacial score (nSPS) is 19.4. The third-order valence-electron chi connectivity index (χ3n) is 2.72. The van der Waals surface area contributed by atoms with Crippen molar-refractivity contribution in [1.29, 1.82) is 0 Å². The average molecular weight is 315 g/mol. The maximum Gasteiger partial charge on any atom is 0.313 e. The maximum atomic E-state index is 11.7. The zero-order valence-corrected chi connectivity index (χ0v) is 11.2. The molecule has 1 amide bonds. The Kier molecular flexibility index (Phi) is 3.31. The van der Waals surface area contributed by atoms with E-state index in [1.807, 2.05) is 0 Å². The Balaban J connectivity index is 2.52. The predicted octanol–water partition coefficient (Wildman–Crippen LogP) is 1.12. The highest BCUT2D eigenvalue weighted by Gasteiger charge is 2.34. The standard InChI is InChI=1S/C10H11BrN4O3/c1-5-7(11)3-8(15(17)18)10(13-5)14-4-6(12)2-9(14)16/h3,6H,2,4,12H2,1H3. The number of carbonyl (C=O) groups excluding carboxylic acids is 1. The minimum Gasteiger partial charge on any atom is -0.326 e. The number of nitrogens with two attached hydrogens (primary N) is 1. The van der Waals surface area contributed by atoms with E-state index >= 15 is 0 Å². The maximum absolute atomic E-state index is 11.7. The van der Waals surface area contributed by atoms with Crippen molar-refractivity contribution < 1.29 is 9.72 Å². The SMILES string of the molecule is Cc1nc(N2CC(N)CC2=O)c([N+](=O)[O-])cc1Br. The summed E-state index contributed by atoms with van der Waals surface area (Å²) in [5.74, 6) is -0.168. The number of aromatic nitrogens is 1. The van der Waals surface area contributed by atoms with Crippen molar-refractivity contribution in [3.63, 3.8) is 0 Å². The highest BCUT2D eigenvalue weighted by molar-refractivity contribution is 9.10. The summed E-state index contributed by atoms with van der Waals surface area (Å²) in [6.45, 7) is 1.96. The fourth-order valence-electron chi connectivity index (χ4n) is 1.83. The molecule has 0 aliphatic carbocycles. The van der Waals surface area contributed by atoms with E-state index in [9.17, 15) is 14.9 Å². The fraction of sp³-hybridized carbons (Fsp3) is 0.400. The molecule has 7 nitrogen and oxygen atoms in total. The van der Waals surface area contributed by atoms with Crippen LogP contribution in [-0.4, -0.2) is 28.4 Å². The van der Waals surface area contributed by atoms with E-state index in [2.05, 4.69) is 20.9 Å². The number of aryl methyl sites for hydroxylation is 1. The summed E-state index contributed by atoms with van der Waals surface area (Å²) in [6, 6.07) is 1.05. The largest absolute Gasteiger partial charge is 0.326 e. The van der Waals surface area contributed by atoms with Crippen LogP contribution in [0.3, 0.4) is 0 Å². The van der Waals surface area contributed by atoms with Crippen molar-refractivity contribution in [1.82, 2.24) is 4.98 Å². The monoisotopic (exact) mass is 314 g/mol. The molecule has 8 heteroatoms. The highest BCUT2D eigenvalue weighted by atomic mass is 79.9. The molecule has 1 aliphatic rings. The Morgan fingerprint density at radius 3 is 2.83 bits per heavy atom. The van der Waals surface area contributed by atoms with E-state index in [1.54, 1.807) is 6.92 Å². The zero-order chi connectivity index (χ0) is 13.4. The summed E-state index contributed by atoms with van der Waals surface area (Å²) in [6.07, 6.45) is 0.188. The Hall–Kier alpha value is -1.54. The van der Waals surface area contributed by atoms with Gasteiger partial charge in [0.25, 0.3) is 0 Å². The Morgan fingerprint density at radius 1 is 1.67 bits per heavy atom. The lowest BCUT2D eigenvalue weighted by Gasteiger charge is -2.15.